The molecule has 0 aliphatic carbocycles. The van der Waals surface area contributed by atoms with Crippen LogP contribution in [0.5, 0.6) is 0 Å². The number of anilines is 1. The number of rotatable bonds is 1. The number of carbonyl (C=O) groups is 1. The molecular weight excluding hydrogens is 192 g/mol. The third kappa shape index (κ3) is 1.36. The number of carbonyl (C=O) groups excluding carboxylic acids is 1. The highest BCUT2D eigenvalue weighted by molar-refractivity contribution is 5.95. The van der Waals surface area contributed by atoms with Gasteiger partial charge in [0.25, 0.3) is 0 Å². The van der Waals surface area contributed by atoms with Gasteiger partial charge in [-0.2, -0.15) is 0 Å². The first-order chi connectivity index (χ1) is 7.36. The molecule has 15 heavy (non-hydrogen) atoms. The fourth-order valence-electron chi connectivity index (χ4n) is 2.64. The maximum Gasteiger partial charge on any atom is 0.229 e. The van der Waals surface area contributed by atoms with Crippen LogP contribution in [0.2, 0.25) is 0 Å². The quantitative estimate of drug-likeness (QED) is 0.745. The van der Waals surface area contributed by atoms with Gasteiger partial charge in [-0.1, -0.05) is 0 Å². The molecule has 0 saturated carbocycles. The second kappa shape index (κ2) is 3.38. The molecule has 2 fully saturated rings. The van der Waals surface area contributed by atoms with Crippen LogP contribution in [0.3, 0.4) is 0 Å². The molecule has 0 spiro atoms. The van der Waals surface area contributed by atoms with Gasteiger partial charge in [0.15, 0.2) is 0 Å². The molecule has 1 aromatic heterocycles. The van der Waals surface area contributed by atoms with Crippen molar-refractivity contribution in [1.82, 2.24) is 5.32 Å². The number of nitrogens with one attached hydrogen (secondary N) is 1. The molecule has 1 aromatic rings. The first-order valence-corrected chi connectivity index (χ1v) is 5.42. The van der Waals surface area contributed by atoms with E-state index in [9.17, 15) is 4.79 Å². The zero-order valence-corrected chi connectivity index (χ0v) is 8.48. The monoisotopic (exact) mass is 206 g/mol. The second-order valence-corrected chi connectivity index (χ2v) is 4.24. The number of piperidine rings is 1. The van der Waals surface area contributed by atoms with Crippen molar-refractivity contribution < 1.29 is 9.21 Å². The van der Waals surface area contributed by atoms with Crippen LogP contribution in [0.1, 0.15) is 12.8 Å². The molecule has 2 saturated heterocycles. The van der Waals surface area contributed by atoms with Crippen molar-refractivity contribution >= 4 is 11.8 Å². The van der Waals surface area contributed by atoms with E-state index in [0.717, 1.165) is 19.5 Å². The highest BCUT2D eigenvalue weighted by atomic mass is 16.3. The Morgan fingerprint density at radius 1 is 1.53 bits per heavy atom. The van der Waals surface area contributed by atoms with E-state index >= 15 is 0 Å². The van der Waals surface area contributed by atoms with E-state index in [4.69, 9.17) is 4.42 Å². The smallest absolute Gasteiger partial charge is 0.229 e. The fourth-order valence-corrected chi connectivity index (χ4v) is 2.64. The average Bonchev–Trinajstić information content (AvgIpc) is 2.82. The third-order valence-electron chi connectivity index (χ3n) is 3.37. The molecule has 2 unspecified atom stereocenters. The summed E-state index contributed by atoms with van der Waals surface area (Å²) in [5.41, 5.74) is 0. The van der Waals surface area contributed by atoms with Gasteiger partial charge in [0.1, 0.15) is 0 Å². The molecule has 3 heterocycles. The SMILES string of the molecule is O=C1CC2CCNCC2N1c1ccco1. The predicted molar refractivity (Wildman–Crippen MR) is 55.6 cm³/mol. The van der Waals surface area contributed by atoms with Crippen LogP contribution in [0.15, 0.2) is 22.8 Å². The van der Waals surface area contributed by atoms with Gasteiger partial charge in [-0.25, -0.2) is 0 Å². The van der Waals surface area contributed by atoms with Gasteiger partial charge in [-0.3, -0.25) is 9.69 Å². The van der Waals surface area contributed by atoms with Gasteiger partial charge in [0.05, 0.1) is 12.3 Å². The summed E-state index contributed by atoms with van der Waals surface area (Å²) in [5, 5.41) is 3.33. The Labute approximate surface area is 88.2 Å². The molecule has 2 aliphatic heterocycles. The zero-order chi connectivity index (χ0) is 10.3. The minimum Gasteiger partial charge on any atom is -0.448 e. The number of furan rings is 1. The Morgan fingerprint density at radius 3 is 3.27 bits per heavy atom. The van der Waals surface area contributed by atoms with Gasteiger partial charge >= 0.3 is 0 Å². The topological polar surface area (TPSA) is 45.5 Å². The predicted octanol–water partition coefficient (Wildman–Crippen LogP) is 0.994. The second-order valence-electron chi connectivity index (χ2n) is 4.24. The minimum atomic E-state index is 0.198. The Balaban J connectivity index is 1.91. The summed E-state index contributed by atoms with van der Waals surface area (Å²) in [4.78, 5) is 13.7. The lowest BCUT2D eigenvalue weighted by atomic mass is 9.93. The third-order valence-corrected chi connectivity index (χ3v) is 3.37. The summed E-state index contributed by atoms with van der Waals surface area (Å²) in [5.74, 6) is 1.39. The highest BCUT2D eigenvalue weighted by Gasteiger charge is 2.42. The summed E-state index contributed by atoms with van der Waals surface area (Å²) < 4.78 is 5.31. The van der Waals surface area contributed by atoms with Gasteiger partial charge < -0.3 is 9.73 Å². The standard InChI is InChI=1S/C11H14N2O2/c14-10-6-8-3-4-12-7-9(8)13(10)11-2-1-5-15-11/h1-2,5,8-9,12H,3-4,6-7H2. The summed E-state index contributed by atoms with van der Waals surface area (Å²) in [6, 6.07) is 3.97. The Bertz CT molecular complexity index is 361. The number of amides is 1. The average molecular weight is 206 g/mol. The lowest BCUT2D eigenvalue weighted by Gasteiger charge is -2.30. The van der Waals surface area contributed by atoms with Crippen LogP contribution in [0.25, 0.3) is 0 Å². The first-order valence-electron chi connectivity index (χ1n) is 5.42. The van der Waals surface area contributed by atoms with Crippen molar-refractivity contribution in [2.24, 2.45) is 5.92 Å². The van der Waals surface area contributed by atoms with E-state index in [-0.39, 0.29) is 11.9 Å². The van der Waals surface area contributed by atoms with Crippen molar-refractivity contribution in [3.8, 4) is 0 Å². The molecule has 0 bridgehead atoms. The maximum absolute atomic E-state index is 11.9. The Kier molecular flexibility index (Phi) is 2.02. The van der Waals surface area contributed by atoms with Crippen LogP contribution in [0, 0.1) is 5.92 Å². The van der Waals surface area contributed by atoms with Gasteiger partial charge in [-0.15, -0.1) is 0 Å². The summed E-state index contributed by atoms with van der Waals surface area (Å²) in [6.45, 7) is 1.91. The van der Waals surface area contributed by atoms with E-state index in [1.165, 1.54) is 0 Å². The van der Waals surface area contributed by atoms with E-state index in [2.05, 4.69) is 5.32 Å². The van der Waals surface area contributed by atoms with E-state index in [1.54, 1.807) is 6.26 Å². The number of nitrogens with zero attached hydrogens (tertiary/aromatic N) is 1. The molecule has 2 aliphatic rings. The van der Waals surface area contributed by atoms with Crippen molar-refractivity contribution in [2.75, 3.05) is 18.0 Å². The number of fused-ring (bicyclic) bond motifs is 1. The van der Waals surface area contributed by atoms with Crippen molar-refractivity contribution in [1.29, 1.82) is 0 Å². The molecule has 0 aromatic carbocycles. The molecule has 0 radical (unpaired) electrons. The van der Waals surface area contributed by atoms with Crippen molar-refractivity contribution in [3.63, 3.8) is 0 Å². The summed E-state index contributed by atoms with van der Waals surface area (Å²) in [6.07, 6.45) is 3.38. The molecule has 1 amide bonds. The van der Waals surface area contributed by atoms with Crippen LogP contribution in [0.4, 0.5) is 5.88 Å². The first kappa shape index (κ1) is 8.97. The zero-order valence-electron chi connectivity index (χ0n) is 8.48. The largest absolute Gasteiger partial charge is 0.448 e. The maximum atomic E-state index is 11.9. The van der Waals surface area contributed by atoms with Crippen LogP contribution in [-0.4, -0.2) is 25.0 Å². The van der Waals surface area contributed by atoms with Crippen LogP contribution < -0.4 is 10.2 Å². The number of hydrogen-bond donors (Lipinski definition) is 1. The molecule has 4 nitrogen and oxygen atoms in total. The van der Waals surface area contributed by atoms with Gasteiger partial charge in [-0.05, 0) is 24.9 Å². The molecule has 4 heteroatoms. The van der Waals surface area contributed by atoms with E-state index in [0.29, 0.717) is 18.2 Å². The Hall–Kier alpha value is -1.29. The molecule has 2 atom stereocenters. The molecule has 3 rings (SSSR count). The Morgan fingerprint density at radius 2 is 2.47 bits per heavy atom. The van der Waals surface area contributed by atoms with E-state index < -0.39 is 0 Å². The lowest BCUT2D eigenvalue weighted by molar-refractivity contribution is -0.117. The molecule has 1 N–H and O–H groups in total. The normalized spacial score (nSPS) is 30.7. The molecular formula is C11H14N2O2. The minimum absolute atomic E-state index is 0.198. The molecule has 80 valence electrons. The van der Waals surface area contributed by atoms with Crippen LogP contribution in [-0.2, 0) is 4.79 Å². The summed E-state index contributed by atoms with van der Waals surface area (Å²) in [7, 11) is 0. The summed E-state index contributed by atoms with van der Waals surface area (Å²) >= 11 is 0. The number of hydrogen-bond acceptors (Lipinski definition) is 3. The van der Waals surface area contributed by atoms with Gasteiger partial charge in [0, 0.05) is 19.0 Å². The highest BCUT2D eigenvalue weighted by Crippen LogP contribution is 2.34. The van der Waals surface area contributed by atoms with Gasteiger partial charge in [0.2, 0.25) is 11.8 Å². The fraction of sp³-hybridized carbons (Fsp3) is 0.545. The van der Waals surface area contributed by atoms with Crippen molar-refractivity contribution in [2.45, 2.75) is 18.9 Å². The lowest BCUT2D eigenvalue weighted by Crippen LogP contribution is -2.46. The van der Waals surface area contributed by atoms with Crippen LogP contribution >= 0.6 is 0 Å². The van der Waals surface area contributed by atoms with Crippen molar-refractivity contribution in [3.05, 3.63) is 18.4 Å². The van der Waals surface area contributed by atoms with E-state index in [1.807, 2.05) is 17.0 Å².